The minimum Gasteiger partial charge on any atom is -0.448 e. The number of urea groups is 1. The molecule has 1 aromatic heterocycles. The number of nitrogens with one attached hydrogen (secondary N) is 2. The van der Waals surface area contributed by atoms with Gasteiger partial charge in [0.1, 0.15) is 5.76 Å². The van der Waals surface area contributed by atoms with Gasteiger partial charge in [-0.05, 0) is 43.3 Å². The lowest BCUT2D eigenvalue weighted by molar-refractivity contribution is 0.252. The van der Waals surface area contributed by atoms with Gasteiger partial charge in [-0.3, -0.25) is 0 Å². The Bertz CT molecular complexity index is 858. The number of anilines is 1. The van der Waals surface area contributed by atoms with E-state index in [2.05, 4.69) is 34.9 Å². The first kappa shape index (κ1) is 16.9. The molecule has 5 nitrogen and oxygen atoms in total. The number of hydrazone groups is 1. The van der Waals surface area contributed by atoms with Gasteiger partial charge in [-0.25, -0.2) is 10.2 Å². The molecule has 0 atom stereocenters. The van der Waals surface area contributed by atoms with Crippen molar-refractivity contribution in [3.63, 3.8) is 0 Å². The van der Waals surface area contributed by atoms with Crippen LogP contribution in [0.5, 0.6) is 0 Å². The monoisotopic (exact) mass is 351 g/mol. The lowest BCUT2D eigenvalue weighted by Gasteiger charge is -2.02. The second-order valence-corrected chi connectivity index (χ2v) is 6.34. The summed E-state index contributed by atoms with van der Waals surface area (Å²) in [5, 5.41) is 7.31. The second kappa shape index (κ2) is 8.21. The van der Waals surface area contributed by atoms with E-state index in [9.17, 15) is 4.79 Å². The molecule has 1 heterocycles. The molecule has 0 fully saturated rings. The Morgan fingerprint density at radius 3 is 2.56 bits per heavy atom. The Kier molecular flexibility index (Phi) is 5.53. The van der Waals surface area contributed by atoms with E-state index in [1.807, 2.05) is 36.4 Å². The van der Waals surface area contributed by atoms with Crippen LogP contribution in [0.25, 0.3) is 0 Å². The van der Waals surface area contributed by atoms with Crippen molar-refractivity contribution in [2.24, 2.45) is 5.10 Å². The van der Waals surface area contributed by atoms with Gasteiger partial charge < -0.3 is 9.73 Å². The van der Waals surface area contributed by atoms with Gasteiger partial charge in [0.05, 0.1) is 6.21 Å². The molecule has 0 saturated carbocycles. The summed E-state index contributed by atoms with van der Waals surface area (Å²) < 4.78 is 5.66. The van der Waals surface area contributed by atoms with Gasteiger partial charge in [0.15, 0.2) is 5.09 Å². The summed E-state index contributed by atoms with van der Waals surface area (Å²) in [6, 6.07) is 20.6. The smallest absolute Gasteiger partial charge is 0.339 e. The highest BCUT2D eigenvalue weighted by Crippen LogP contribution is 2.28. The van der Waals surface area contributed by atoms with E-state index in [0.29, 0.717) is 11.4 Å². The number of hydrogen-bond donors (Lipinski definition) is 2. The number of amides is 2. The third-order valence-corrected chi connectivity index (χ3v) is 4.16. The highest BCUT2D eigenvalue weighted by molar-refractivity contribution is 7.99. The van der Waals surface area contributed by atoms with Gasteiger partial charge in [-0.2, -0.15) is 5.10 Å². The van der Waals surface area contributed by atoms with E-state index >= 15 is 0 Å². The summed E-state index contributed by atoms with van der Waals surface area (Å²) in [4.78, 5) is 12.8. The van der Waals surface area contributed by atoms with Crippen molar-refractivity contribution in [1.29, 1.82) is 0 Å². The molecule has 0 spiro atoms. The molecule has 0 radical (unpaired) electrons. The zero-order valence-electron chi connectivity index (χ0n) is 13.6. The molecule has 2 aromatic carbocycles. The first-order chi connectivity index (χ1) is 12.2. The highest BCUT2D eigenvalue weighted by Gasteiger charge is 2.03. The molecule has 6 heteroatoms. The average Bonchev–Trinajstić information content (AvgIpc) is 3.05. The number of benzene rings is 2. The van der Waals surface area contributed by atoms with Crippen molar-refractivity contribution in [1.82, 2.24) is 5.43 Å². The largest absolute Gasteiger partial charge is 0.448 e. The molecular formula is C19H17N3O2S. The first-order valence-corrected chi connectivity index (χ1v) is 8.50. The second-order valence-electron chi connectivity index (χ2n) is 5.26. The van der Waals surface area contributed by atoms with E-state index in [1.165, 1.54) is 23.5 Å². The maximum atomic E-state index is 11.7. The first-order valence-electron chi connectivity index (χ1n) is 7.68. The molecule has 2 N–H and O–H groups in total. The van der Waals surface area contributed by atoms with E-state index in [-0.39, 0.29) is 0 Å². The van der Waals surface area contributed by atoms with Crippen LogP contribution in [0.2, 0.25) is 0 Å². The summed E-state index contributed by atoms with van der Waals surface area (Å²) in [5.41, 5.74) is 4.32. The van der Waals surface area contributed by atoms with E-state index in [4.69, 9.17) is 4.42 Å². The van der Waals surface area contributed by atoms with Crippen molar-refractivity contribution >= 4 is 29.7 Å². The van der Waals surface area contributed by atoms with Gasteiger partial charge in [0.25, 0.3) is 0 Å². The van der Waals surface area contributed by atoms with E-state index < -0.39 is 6.03 Å². The number of furan rings is 1. The van der Waals surface area contributed by atoms with Crippen LogP contribution < -0.4 is 10.7 Å². The summed E-state index contributed by atoms with van der Waals surface area (Å²) in [6.45, 7) is 2.05. The van der Waals surface area contributed by atoms with Crippen LogP contribution in [-0.4, -0.2) is 12.2 Å². The average molecular weight is 351 g/mol. The summed E-state index contributed by atoms with van der Waals surface area (Å²) in [7, 11) is 0. The molecule has 3 rings (SSSR count). The SMILES string of the molecule is Cc1ccc(Sc2ccc(/C=N/NC(=O)Nc3ccccc3)o2)cc1. The van der Waals surface area contributed by atoms with Crippen molar-refractivity contribution in [3.05, 3.63) is 78.1 Å². The van der Waals surface area contributed by atoms with Crippen molar-refractivity contribution in [2.75, 3.05) is 5.32 Å². The predicted octanol–water partition coefficient (Wildman–Crippen LogP) is 4.89. The highest BCUT2D eigenvalue weighted by atomic mass is 32.2. The van der Waals surface area contributed by atoms with Gasteiger partial charge in [-0.15, -0.1) is 0 Å². The fourth-order valence-corrected chi connectivity index (χ4v) is 2.79. The van der Waals surface area contributed by atoms with Crippen LogP contribution in [0.4, 0.5) is 10.5 Å². The molecule has 0 aliphatic carbocycles. The van der Waals surface area contributed by atoms with Gasteiger partial charge in [-0.1, -0.05) is 47.7 Å². The number of para-hydroxylation sites is 1. The van der Waals surface area contributed by atoms with Crippen LogP contribution >= 0.6 is 11.8 Å². The molecule has 3 aromatic rings. The lowest BCUT2D eigenvalue weighted by atomic mass is 10.2. The Hall–Kier alpha value is -2.99. The molecule has 2 amide bonds. The predicted molar refractivity (Wildman–Crippen MR) is 100 cm³/mol. The van der Waals surface area contributed by atoms with Crippen LogP contribution in [0, 0.1) is 6.92 Å². The zero-order valence-corrected chi connectivity index (χ0v) is 14.4. The maximum absolute atomic E-state index is 11.7. The normalized spacial score (nSPS) is 10.8. The quantitative estimate of drug-likeness (QED) is 0.508. The number of nitrogens with zero attached hydrogens (tertiary/aromatic N) is 1. The fraction of sp³-hybridized carbons (Fsp3) is 0.0526. The topological polar surface area (TPSA) is 66.6 Å². The Morgan fingerprint density at radius 1 is 1.04 bits per heavy atom. The Morgan fingerprint density at radius 2 is 1.80 bits per heavy atom. The van der Waals surface area contributed by atoms with Crippen molar-refractivity contribution in [3.8, 4) is 0 Å². The number of carbonyl (C=O) groups excluding carboxylic acids is 1. The van der Waals surface area contributed by atoms with Crippen LogP contribution in [-0.2, 0) is 0 Å². The maximum Gasteiger partial charge on any atom is 0.339 e. The Labute approximate surface area is 150 Å². The fourth-order valence-electron chi connectivity index (χ4n) is 2.02. The van der Waals surface area contributed by atoms with Crippen molar-refractivity contribution in [2.45, 2.75) is 16.9 Å². The molecule has 0 aliphatic rings. The standard InChI is InChI=1S/C19H17N3O2S/c1-14-7-10-17(11-8-14)25-18-12-9-16(24-18)13-20-22-19(23)21-15-5-3-2-4-6-15/h2-13H,1H3,(H2,21,22,23)/b20-13+. The van der Waals surface area contributed by atoms with Gasteiger partial charge in [0.2, 0.25) is 0 Å². The van der Waals surface area contributed by atoms with Crippen LogP contribution in [0.15, 0.2) is 86.2 Å². The minimum atomic E-state index is -0.414. The number of carbonyl (C=O) groups is 1. The number of aryl methyl sites for hydroxylation is 1. The lowest BCUT2D eigenvalue weighted by Crippen LogP contribution is -2.24. The molecule has 126 valence electrons. The van der Waals surface area contributed by atoms with Crippen LogP contribution in [0.3, 0.4) is 0 Å². The van der Waals surface area contributed by atoms with Gasteiger partial charge in [0, 0.05) is 10.6 Å². The summed E-state index contributed by atoms with van der Waals surface area (Å²) in [6.07, 6.45) is 1.46. The molecule has 0 unspecified atom stereocenters. The third kappa shape index (κ3) is 5.26. The van der Waals surface area contributed by atoms with Crippen LogP contribution in [0.1, 0.15) is 11.3 Å². The molecule has 0 aliphatic heterocycles. The number of rotatable bonds is 5. The summed E-state index contributed by atoms with van der Waals surface area (Å²) >= 11 is 1.53. The molecule has 25 heavy (non-hydrogen) atoms. The Balaban J connectivity index is 1.51. The summed E-state index contributed by atoms with van der Waals surface area (Å²) in [5.74, 6) is 0.564. The number of hydrogen-bond acceptors (Lipinski definition) is 4. The van der Waals surface area contributed by atoms with Gasteiger partial charge >= 0.3 is 6.03 Å². The van der Waals surface area contributed by atoms with E-state index in [1.54, 1.807) is 18.2 Å². The minimum absolute atomic E-state index is 0.414. The van der Waals surface area contributed by atoms with Crippen molar-refractivity contribution < 1.29 is 9.21 Å². The zero-order chi connectivity index (χ0) is 17.5. The molecular weight excluding hydrogens is 334 g/mol. The third-order valence-electron chi connectivity index (χ3n) is 3.23. The molecule has 0 saturated heterocycles. The van der Waals surface area contributed by atoms with E-state index in [0.717, 1.165) is 9.99 Å². The molecule has 0 bridgehead atoms.